The number of hydrogen-bond acceptors (Lipinski definition) is 1. The van der Waals surface area contributed by atoms with Gasteiger partial charge in [-0.15, -0.1) is 0 Å². The summed E-state index contributed by atoms with van der Waals surface area (Å²) in [6.07, 6.45) is 0. The monoisotopic (exact) mass is 159 g/mol. The standard InChI is InChI=1S/C9H10BNO/c1-2-11-9(12)7-3-5-8(10)6-4-7/h3-6H,2H2,1H3,(H,11,12). The lowest BCUT2D eigenvalue weighted by Crippen LogP contribution is -2.22. The molecule has 0 bridgehead atoms. The molecule has 1 N–H and O–H groups in total. The molecule has 2 nitrogen and oxygen atoms in total. The van der Waals surface area contributed by atoms with Gasteiger partial charge in [-0.2, -0.15) is 0 Å². The van der Waals surface area contributed by atoms with Gasteiger partial charge in [0, 0.05) is 12.1 Å². The first kappa shape index (κ1) is 8.85. The molecule has 60 valence electrons. The maximum absolute atomic E-state index is 11.2. The summed E-state index contributed by atoms with van der Waals surface area (Å²) in [6, 6.07) is 6.84. The van der Waals surface area contributed by atoms with Crippen LogP contribution in [0.2, 0.25) is 0 Å². The Bertz CT molecular complexity index is 268. The first-order valence-electron chi connectivity index (χ1n) is 3.87. The average molecular weight is 159 g/mol. The average Bonchev–Trinajstić information content (AvgIpc) is 2.06. The van der Waals surface area contributed by atoms with E-state index in [2.05, 4.69) is 5.32 Å². The van der Waals surface area contributed by atoms with Gasteiger partial charge >= 0.3 is 0 Å². The Morgan fingerprint density at radius 1 is 1.42 bits per heavy atom. The molecular formula is C9H10BNO. The zero-order chi connectivity index (χ0) is 8.97. The Labute approximate surface area is 73.4 Å². The summed E-state index contributed by atoms with van der Waals surface area (Å²) in [7, 11) is 5.47. The van der Waals surface area contributed by atoms with E-state index in [1.54, 1.807) is 24.3 Å². The number of rotatable bonds is 2. The van der Waals surface area contributed by atoms with Gasteiger partial charge in [-0.3, -0.25) is 4.79 Å². The van der Waals surface area contributed by atoms with Gasteiger partial charge in [0.05, 0.1) is 0 Å². The fourth-order valence-corrected chi connectivity index (χ4v) is 0.897. The third-order valence-electron chi connectivity index (χ3n) is 1.51. The van der Waals surface area contributed by atoms with Crippen molar-refractivity contribution in [2.45, 2.75) is 6.92 Å². The van der Waals surface area contributed by atoms with Crippen LogP contribution >= 0.6 is 0 Å². The van der Waals surface area contributed by atoms with Crippen molar-refractivity contribution in [1.29, 1.82) is 0 Å². The molecule has 0 heterocycles. The zero-order valence-corrected chi connectivity index (χ0v) is 7.00. The molecule has 0 spiro atoms. The largest absolute Gasteiger partial charge is 0.352 e. The van der Waals surface area contributed by atoms with Crippen molar-refractivity contribution in [1.82, 2.24) is 5.32 Å². The number of nitrogens with one attached hydrogen (secondary N) is 1. The van der Waals surface area contributed by atoms with Crippen LogP contribution in [0.1, 0.15) is 17.3 Å². The number of amides is 1. The van der Waals surface area contributed by atoms with Crippen LogP contribution in [-0.4, -0.2) is 20.3 Å². The SMILES string of the molecule is [B]c1ccc(C(=O)NCC)cc1. The second kappa shape index (κ2) is 3.95. The van der Waals surface area contributed by atoms with Crippen molar-refractivity contribution in [2.24, 2.45) is 0 Å². The van der Waals surface area contributed by atoms with Crippen LogP contribution in [-0.2, 0) is 0 Å². The molecule has 0 saturated carbocycles. The minimum absolute atomic E-state index is 0.0579. The highest BCUT2D eigenvalue weighted by molar-refractivity contribution is 6.32. The van der Waals surface area contributed by atoms with Gasteiger partial charge in [0.1, 0.15) is 7.85 Å². The summed E-state index contributed by atoms with van der Waals surface area (Å²) in [6.45, 7) is 2.53. The molecule has 0 aliphatic rings. The summed E-state index contributed by atoms with van der Waals surface area (Å²) in [5, 5.41) is 2.70. The Kier molecular flexibility index (Phi) is 2.91. The summed E-state index contributed by atoms with van der Waals surface area (Å²) in [5.74, 6) is -0.0579. The molecule has 1 aromatic rings. The fourth-order valence-electron chi connectivity index (χ4n) is 0.897. The van der Waals surface area contributed by atoms with E-state index in [0.717, 1.165) is 0 Å². The van der Waals surface area contributed by atoms with E-state index in [-0.39, 0.29) is 5.91 Å². The minimum Gasteiger partial charge on any atom is -0.352 e. The van der Waals surface area contributed by atoms with E-state index < -0.39 is 0 Å². The molecular weight excluding hydrogens is 149 g/mol. The molecule has 0 atom stereocenters. The van der Waals surface area contributed by atoms with Crippen LogP contribution in [0, 0.1) is 0 Å². The highest BCUT2D eigenvalue weighted by Gasteiger charge is 2.01. The summed E-state index contributed by atoms with van der Waals surface area (Å²) in [5.41, 5.74) is 1.31. The molecule has 2 radical (unpaired) electrons. The van der Waals surface area contributed by atoms with Crippen molar-refractivity contribution >= 4 is 19.2 Å². The van der Waals surface area contributed by atoms with Crippen molar-refractivity contribution in [3.63, 3.8) is 0 Å². The maximum Gasteiger partial charge on any atom is 0.251 e. The van der Waals surface area contributed by atoms with E-state index in [1.165, 1.54) is 0 Å². The van der Waals surface area contributed by atoms with Gasteiger partial charge in [0.25, 0.3) is 5.91 Å². The lowest BCUT2D eigenvalue weighted by atomic mass is 9.95. The van der Waals surface area contributed by atoms with Crippen LogP contribution in [0.25, 0.3) is 0 Å². The van der Waals surface area contributed by atoms with Gasteiger partial charge in [0.15, 0.2) is 0 Å². The van der Waals surface area contributed by atoms with Crippen LogP contribution < -0.4 is 10.8 Å². The van der Waals surface area contributed by atoms with Crippen molar-refractivity contribution in [2.75, 3.05) is 6.54 Å². The second-order valence-corrected chi connectivity index (χ2v) is 2.48. The van der Waals surface area contributed by atoms with E-state index >= 15 is 0 Å². The number of carbonyl (C=O) groups excluding carboxylic acids is 1. The van der Waals surface area contributed by atoms with E-state index in [4.69, 9.17) is 7.85 Å². The highest BCUT2D eigenvalue weighted by atomic mass is 16.1. The number of carbonyl (C=O) groups is 1. The smallest absolute Gasteiger partial charge is 0.251 e. The van der Waals surface area contributed by atoms with Gasteiger partial charge in [0.2, 0.25) is 0 Å². The van der Waals surface area contributed by atoms with E-state index in [1.807, 2.05) is 6.92 Å². The molecule has 3 heteroatoms. The first-order valence-corrected chi connectivity index (χ1v) is 3.87. The predicted octanol–water partition coefficient (Wildman–Crippen LogP) is 0.230. The van der Waals surface area contributed by atoms with Gasteiger partial charge in [-0.25, -0.2) is 0 Å². The molecule has 0 fully saturated rings. The topological polar surface area (TPSA) is 29.1 Å². The third kappa shape index (κ3) is 2.12. The molecule has 12 heavy (non-hydrogen) atoms. The Hall–Kier alpha value is -1.25. The molecule has 0 saturated heterocycles. The summed E-state index contributed by atoms with van der Waals surface area (Å²) < 4.78 is 0. The molecule has 0 unspecified atom stereocenters. The molecule has 1 amide bonds. The van der Waals surface area contributed by atoms with Crippen LogP contribution in [0.4, 0.5) is 0 Å². The van der Waals surface area contributed by atoms with Crippen LogP contribution in [0.5, 0.6) is 0 Å². The maximum atomic E-state index is 11.2. The van der Waals surface area contributed by atoms with Gasteiger partial charge < -0.3 is 5.32 Å². The van der Waals surface area contributed by atoms with Gasteiger partial charge in [-0.05, 0) is 6.92 Å². The van der Waals surface area contributed by atoms with Crippen molar-refractivity contribution in [3.05, 3.63) is 29.8 Å². The molecule has 1 rings (SSSR count). The number of benzene rings is 1. The minimum atomic E-state index is -0.0579. The Balaban J connectivity index is 2.75. The lowest BCUT2D eigenvalue weighted by Gasteiger charge is -2.01. The fraction of sp³-hybridized carbons (Fsp3) is 0.222. The van der Waals surface area contributed by atoms with Crippen LogP contribution in [0.3, 0.4) is 0 Å². The van der Waals surface area contributed by atoms with E-state index in [0.29, 0.717) is 17.6 Å². The molecule has 1 aromatic carbocycles. The van der Waals surface area contributed by atoms with Crippen molar-refractivity contribution < 1.29 is 4.79 Å². The molecule has 0 aliphatic heterocycles. The van der Waals surface area contributed by atoms with E-state index in [9.17, 15) is 4.79 Å². The number of hydrogen-bond donors (Lipinski definition) is 1. The quantitative estimate of drug-likeness (QED) is 0.615. The van der Waals surface area contributed by atoms with Gasteiger partial charge in [-0.1, -0.05) is 29.7 Å². The normalized spacial score (nSPS) is 9.42. The third-order valence-corrected chi connectivity index (χ3v) is 1.51. The highest BCUT2D eigenvalue weighted by Crippen LogP contribution is 1.95. The van der Waals surface area contributed by atoms with Crippen molar-refractivity contribution in [3.8, 4) is 0 Å². The second-order valence-electron chi connectivity index (χ2n) is 2.48. The molecule has 0 aromatic heterocycles. The Morgan fingerprint density at radius 3 is 2.50 bits per heavy atom. The lowest BCUT2D eigenvalue weighted by molar-refractivity contribution is 0.0956. The zero-order valence-electron chi connectivity index (χ0n) is 7.00. The summed E-state index contributed by atoms with van der Waals surface area (Å²) in [4.78, 5) is 11.2. The first-order chi connectivity index (χ1) is 5.74. The predicted molar refractivity (Wildman–Crippen MR) is 49.8 cm³/mol. The molecule has 0 aliphatic carbocycles. The summed E-state index contributed by atoms with van der Waals surface area (Å²) >= 11 is 0. The van der Waals surface area contributed by atoms with Crippen LogP contribution in [0.15, 0.2) is 24.3 Å². The Morgan fingerprint density at radius 2 is 2.00 bits per heavy atom.